The molecule has 1 saturated carbocycles. The molecule has 24 heavy (non-hydrogen) atoms. The van der Waals surface area contributed by atoms with Crippen molar-refractivity contribution in [1.29, 1.82) is 0 Å². The minimum absolute atomic E-state index is 0.165. The van der Waals surface area contributed by atoms with E-state index in [1.165, 1.54) is 36.1 Å². The monoisotopic (exact) mass is 348 g/mol. The molecule has 2 heterocycles. The van der Waals surface area contributed by atoms with E-state index in [1.807, 2.05) is 0 Å². The van der Waals surface area contributed by atoms with E-state index in [4.69, 9.17) is 0 Å². The summed E-state index contributed by atoms with van der Waals surface area (Å²) in [6.07, 6.45) is 6.95. The van der Waals surface area contributed by atoms with Gasteiger partial charge in [-0.15, -0.1) is 10.2 Å². The second-order valence-corrected chi connectivity index (χ2v) is 6.84. The molecule has 3 aromatic rings. The predicted molar refractivity (Wildman–Crippen MR) is 86.6 cm³/mol. The zero-order chi connectivity index (χ0) is 16.7. The molecule has 0 N–H and O–H groups in total. The van der Waals surface area contributed by atoms with E-state index >= 15 is 0 Å². The Kier molecular flexibility index (Phi) is 3.84. The van der Waals surface area contributed by atoms with Gasteiger partial charge in [0.15, 0.2) is 16.8 Å². The number of benzene rings is 1. The first-order chi connectivity index (χ1) is 11.6. The fraction of sp³-hybridized carbons (Fsp3) is 0.312. The van der Waals surface area contributed by atoms with Gasteiger partial charge in [-0.05, 0) is 30.9 Å². The van der Waals surface area contributed by atoms with Gasteiger partial charge in [0.25, 0.3) is 0 Å². The Bertz CT molecular complexity index is 964. The van der Waals surface area contributed by atoms with Gasteiger partial charge in [-0.1, -0.05) is 18.2 Å². The van der Waals surface area contributed by atoms with Gasteiger partial charge < -0.3 is 0 Å². The van der Waals surface area contributed by atoms with Crippen LogP contribution in [0, 0.1) is 17.6 Å². The Morgan fingerprint density at radius 2 is 2.00 bits per heavy atom. The Hall–Kier alpha value is -2.22. The molecule has 0 radical (unpaired) electrons. The molecule has 8 heteroatoms. The Morgan fingerprint density at radius 3 is 2.71 bits per heavy atom. The van der Waals surface area contributed by atoms with Crippen molar-refractivity contribution in [3.05, 3.63) is 52.6 Å². The quantitative estimate of drug-likeness (QED) is 0.680. The third-order valence-corrected chi connectivity index (χ3v) is 5.47. The fourth-order valence-corrected chi connectivity index (χ4v) is 3.76. The van der Waals surface area contributed by atoms with Crippen molar-refractivity contribution < 1.29 is 8.78 Å². The lowest BCUT2D eigenvalue weighted by molar-refractivity contribution is 0.353. The van der Waals surface area contributed by atoms with Crippen LogP contribution in [0.4, 0.5) is 8.78 Å². The van der Waals surface area contributed by atoms with Crippen LogP contribution in [0.25, 0.3) is 11.3 Å². The van der Waals surface area contributed by atoms with Gasteiger partial charge in [0.2, 0.25) is 5.65 Å². The third-order valence-electron chi connectivity index (χ3n) is 4.29. The van der Waals surface area contributed by atoms with Crippen LogP contribution in [-0.2, 0) is 0 Å². The summed E-state index contributed by atoms with van der Waals surface area (Å²) in [5.74, 6) is -0.278. The maximum absolute atomic E-state index is 13.4. The number of fused-ring (bicyclic) bond motifs is 1. The molecule has 124 valence electrons. The number of thioether (sulfide) groups is 1. The summed E-state index contributed by atoms with van der Waals surface area (Å²) in [6, 6.07) is 3.32. The lowest BCUT2D eigenvalue weighted by atomic mass is 9.87. The molecule has 5 nitrogen and oxygen atoms in total. The molecule has 2 aromatic heterocycles. The highest BCUT2D eigenvalue weighted by atomic mass is 32.2. The van der Waals surface area contributed by atoms with Crippen molar-refractivity contribution in [1.82, 2.24) is 19.2 Å². The summed E-state index contributed by atoms with van der Waals surface area (Å²) < 4.78 is 29.3. The average molecular weight is 348 g/mol. The molecular weight excluding hydrogens is 334 g/mol. The van der Waals surface area contributed by atoms with Crippen molar-refractivity contribution in [2.45, 2.75) is 24.4 Å². The maximum atomic E-state index is 13.4. The molecule has 0 unspecified atom stereocenters. The van der Waals surface area contributed by atoms with Gasteiger partial charge >= 0.3 is 5.56 Å². The van der Waals surface area contributed by atoms with E-state index in [2.05, 4.69) is 10.2 Å². The topological polar surface area (TPSA) is 52.2 Å². The molecular formula is C16H14F2N4OS. The molecule has 0 atom stereocenters. The average Bonchev–Trinajstić information content (AvgIpc) is 2.93. The van der Waals surface area contributed by atoms with Crippen LogP contribution in [-0.4, -0.2) is 24.9 Å². The van der Waals surface area contributed by atoms with E-state index in [-0.39, 0.29) is 11.3 Å². The van der Waals surface area contributed by atoms with E-state index in [0.717, 1.165) is 17.9 Å². The molecule has 0 amide bonds. The highest BCUT2D eigenvalue weighted by molar-refractivity contribution is 7.99. The molecule has 0 saturated heterocycles. The number of hydrogen-bond acceptors (Lipinski definition) is 4. The fourth-order valence-electron chi connectivity index (χ4n) is 2.65. The molecule has 0 aliphatic heterocycles. The second-order valence-electron chi connectivity index (χ2n) is 5.86. The lowest BCUT2D eigenvalue weighted by Gasteiger charge is -2.24. The van der Waals surface area contributed by atoms with Crippen LogP contribution in [0.15, 0.2) is 40.5 Å². The predicted octanol–water partition coefficient (Wildman–Crippen LogP) is 3.05. The number of rotatable bonds is 4. The molecule has 1 aromatic carbocycles. The SMILES string of the molecule is O=c1c2nnc(SCC3CCC3)n2ccn1-c1ccc(F)c(F)c1. The number of halogens is 2. The van der Waals surface area contributed by atoms with E-state index in [9.17, 15) is 13.6 Å². The number of nitrogens with zero attached hydrogens (tertiary/aromatic N) is 4. The van der Waals surface area contributed by atoms with Crippen molar-refractivity contribution in [2.24, 2.45) is 5.92 Å². The normalized spacial score (nSPS) is 14.9. The zero-order valence-electron chi connectivity index (χ0n) is 12.7. The first-order valence-corrected chi connectivity index (χ1v) is 8.66. The minimum Gasteiger partial charge on any atom is -0.279 e. The summed E-state index contributed by atoms with van der Waals surface area (Å²) in [6.45, 7) is 0. The Labute approximate surface area is 140 Å². The van der Waals surface area contributed by atoms with Crippen LogP contribution < -0.4 is 5.56 Å². The van der Waals surface area contributed by atoms with Crippen molar-refractivity contribution in [2.75, 3.05) is 5.75 Å². The van der Waals surface area contributed by atoms with Gasteiger partial charge in [-0.3, -0.25) is 13.8 Å². The summed E-state index contributed by atoms with van der Waals surface area (Å²) in [7, 11) is 0. The van der Waals surface area contributed by atoms with Gasteiger partial charge in [0.1, 0.15) is 0 Å². The second kappa shape index (κ2) is 6.01. The maximum Gasteiger partial charge on any atom is 0.300 e. The van der Waals surface area contributed by atoms with Crippen LogP contribution in [0.3, 0.4) is 0 Å². The molecule has 1 aliphatic rings. The highest BCUT2D eigenvalue weighted by Gasteiger charge is 2.19. The smallest absolute Gasteiger partial charge is 0.279 e. The largest absolute Gasteiger partial charge is 0.300 e. The van der Waals surface area contributed by atoms with E-state index in [0.29, 0.717) is 11.1 Å². The van der Waals surface area contributed by atoms with Crippen LogP contribution in [0.5, 0.6) is 0 Å². The van der Waals surface area contributed by atoms with Crippen LogP contribution >= 0.6 is 11.8 Å². The molecule has 4 rings (SSSR count). The Balaban J connectivity index is 1.70. The molecule has 0 spiro atoms. The number of aromatic nitrogens is 4. The molecule has 1 fully saturated rings. The van der Waals surface area contributed by atoms with Gasteiger partial charge in [0, 0.05) is 24.2 Å². The highest BCUT2D eigenvalue weighted by Crippen LogP contribution is 2.31. The molecule has 0 bridgehead atoms. The van der Waals surface area contributed by atoms with Crippen LogP contribution in [0.2, 0.25) is 0 Å². The van der Waals surface area contributed by atoms with Gasteiger partial charge in [-0.2, -0.15) is 0 Å². The van der Waals surface area contributed by atoms with Gasteiger partial charge in [0.05, 0.1) is 5.69 Å². The van der Waals surface area contributed by atoms with Gasteiger partial charge in [-0.25, -0.2) is 8.78 Å². The van der Waals surface area contributed by atoms with Crippen LogP contribution in [0.1, 0.15) is 19.3 Å². The first-order valence-electron chi connectivity index (χ1n) is 7.68. The van der Waals surface area contributed by atoms with E-state index < -0.39 is 17.2 Å². The summed E-state index contributed by atoms with van der Waals surface area (Å²) in [5, 5.41) is 8.71. The van der Waals surface area contributed by atoms with E-state index in [1.54, 1.807) is 22.4 Å². The Morgan fingerprint density at radius 1 is 1.17 bits per heavy atom. The third kappa shape index (κ3) is 2.60. The first kappa shape index (κ1) is 15.3. The summed E-state index contributed by atoms with van der Waals surface area (Å²) >= 11 is 1.59. The standard InChI is InChI=1S/C16H14F2N4OS/c17-12-5-4-11(8-13(12)18)21-6-7-22-14(15(21)23)19-20-16(22)24-9-10-2-1-3-10/h4-8,10H,1-3,9H2. The molecule has 1 aliphatic carbocycles. The number of hydrogen-bond donors (Lipinski definition) is 0. The lowest BCUT2D eigenvalue weighted by Crippen LogP contribution is -2.20. The van der Waals surface area contributed by atoms with Crippen molar-refractivity contribution >= 4 is 17.4 Å². The van der Waals surface area contributed by atoms with Crippen molar-refractivity contribution in [3.63, 3.8) is 0 Å². The summed E-state index contributed by atoms with van der Waals surface area (Å²) in [5.41, 5.74) is -0.0158. The summed E-state index contributed by atoms with van der Waals surface area (Å²) in [4.78, 5) is 12.6. The van der Waals surface area contributed by atoms with Crippen molar-refractivity contribution in [3.8, 4) is 5.69 Å². The minimum atomic E-state index is -1.00. The zero-order valence-corrected chi connectivity index (χ0v) is 13.5.